The summed E-state index contributed by atoms with van der Waals surface area (Å²) in [6.45, 7) is 4.36. The first-order chi connectivity index (χ1) is 12.6. The number of para-hydroxylation sites is 1. The molecule has 5 heteroatoms. The third-order valence-corrected chi connectivity index (χ3v) is 7.18. The molecule has 1 saturated heterocycles. The molecule has 1 N–H and O–H groups in total. The Balaban J connectivity index is 1.89. The molecule has 1 fully saturated rings. The smallest absolute Gasteiger partial charge is 0.359 e. The fourth-order valence-corrected chi connectivity index (χ4v) is 6.10. The number of hydrogen-bond acceptors (Lipinski definition) is 4. The highest BCUT2D eigenvalue weighted by Crippen LogP contribution is 2.60. The minimum absolute atomic E-state index is 0.0826. The predicted octanol–water partition coefficient (Wildman–Crippen LogP) is 2.95. The van der Waals surface area contributed by atoms with E-state index in [-0.39, 0.29) is 11.5 Å². The van der Waals surface area contributed by atoms with Crippen LogP contribution in [-0.2, 0) is 21.7 Å². The maximum absolute atomic E-state index is 12.8. The Hall–Kier alpha value is -1.85. The summed E-state index contributed by atoms with van der Waals surface area (Å²) in [6, 6.07) is 8.45. The topological polar surface area (TPSA) is 54.7 Å². The molecule has 0 spiro atoms. The van der Waals surface area contributed by atoms with Gasteiger partial charge in [0.2, 0.25) is 5.72 Å². The fourth-order valence-electron chi connectivity index (χ4n) is 6.10. The van der Waals surface area contributed by atoms with E-state index in [4.69, 9.17) is 4.74 Å². The van der Waals surface area contributed by atoms with E-state index < -0.39 is 11.7 Å². The minimum atomic E-state index is -1.63. The van der Waals surface area contributed by atoms with Crippen LogP contribution in [0.3, 0.4) is 0 Å². The van der Waals surface area contributed by atoms with Crippen LogP contribution in [0.1, 0.15) is 49.9 Å². The van der Waals surface area contributed by atoms with Crippen molar-refractivity contribution < 1.29 is 14.6 Å². The van der Waals surface area contributed by atoms with Crippen LogP contribution in [0.2, 0.25) is 0 Å². The molecule has 5 rings (SSSR count). The van der Waals surface area contributed by atoms with E-state index >= 15 is 0 Å². The van der Waals surface area contributed by atoms with Crippen LogP contribution in [0, 0.1) is 5.41 Å². The maximum atomic E-state index is 12.8. The number of hydrogen-bond donors (Lipinski definition) is 1. The van der Waals surface area contributed by atoms with Gasteiger partial charge in [-0.25, -0.2) is 4.79 Å². The van der Waals surface area contributed by atoms with Crippen molar-refractivity contribution >= 4 is 16.9 Å². The molecule has 1 aromatic carbocycles. The van der Waals surface area contributed by atoms with Crippen molar-refractivity contribution in [3.63, 3.8) is 0 Å². The summed E-state index contributed by atoms with van der Waals surface area (Å²) >= 11 is 0. The standard InChI is InChI=1S/C21H26N2O3/c1-3-20-10-6-11-22-12-9-15-14-7-4-5-8-16(14)23(17(15)18(20)22)21(25,13-20)19(24)26-2/h4-5,7-8,18,25H,3,6,9-13H2,1-2H3/t18?,20?,21-/m0/s1. The van der Waals surface area contributed by atoms with Crippen molar-refractivity contribution in [1.29, 1.82) is 0 Å². The Kier molecular flexibility index (Phi) is 3.35. The molecule has 3 aliphatic rings. The van der Waals surface area contributed by atoms with Gasteiger partial charge in [0, 0.05) is 24.0 Å². The number of fused-ring (bicyclic) bond motifs is 3. The highest BCUT2D eigenvalue weighted by atomic mass is 16.5. The molecule has 138 valence electrons. The number of benzene rings is 1. The average Bonchev–Trinajstić information content (AvgIpc) is 3.02. The van der Waals surface area contributed by atoms with E-state index in [1.54, 1.807) is 0 Å². The zero-order chi connectivity index (χ0) is 18.1. The van der Waals surface area contributed by atoms with E-state index in [2.05, 4.69) is 17.9 Å². The van der Waals surface area contributed by atoms with Crippen molar-refractivity contribution in [3.05, 3.63) is 35.5 Å². The van der Waals surface area contributed by atoms with Gasteiger partial charge >= 0.3 is 5.97 Å². The zero-order valence-corrected chi connectivity index (χ0v) is 15.5. The Morgan fingerprint density at radius 2 is 2.15 bits per heavy atom. The van der Waals surface area contributed by atoms with E-state index in [0.29, 0.717) is 6.42 Å². The van der Waals surface area contributed by atoms with Crippen LogP contribution < -0.4 is 0 Å². The van der Waals surface area contributed by atoms with Crippen molar-refractivity contribution in [2.24, 2.45) is 5.41 Å². The summed E-state index contributed by atoms with van der Waals surface area (Å²) in [7, 11) is 1.37. The molecule has 0 bridgehead atoms. The molecule has 3 aliphatic heterocycles. The molecule has 2 unspecified atom stereocenters. The second kappa shape index (κ2) is 5.33. The molecule has 26 heavy (non-hydrogen) atoms. The number of nitrogens with zero attached hydrogens (tertiary/aromatic N) is 2. The van der Waals surface area contributed by atoms with Crippen LogP contribution in [0.25, 0.3) is 10.9 Å². The first-order valence-corrected chi connectivity index (χ1v) is 9.73. The molecule has 0 radical (unpaired) electrons. The molecular weight excluding hydrogens is 328 g/mol. The number of piperidine rings is 1. The van der Waals surface area contributed by atoms with Gasteiger partial charge in [-0.05, 0) is 49.3 Å². The Bertz CT molecular complexity index is 904. The number of aromatic nitrogens is 1. The Labute approximate surface area is 153 Å². The lowest BCUT2D eigenvalue weighted by molar-refractivity contribution is -0.194. The highest BCUT2D eigenvalue weighted by Gasteiger charge is 2.60. The number of methoxy groups -OCH3 is 1. The summed E-state index contributed by atoms with van der Waals surface area (Å²) in [5, 5.41) is 12.9. The number of ether oxygens (including phenoxy) is 1. The molecule has 2 aromatic rings. The number of rotatable bonds is 2. The first kappa shape index (κ1) is 16.3. The quantitative estimate of drug-likeness (QED) is 0.843. The summed E-state index contributed by atoms with van der Waals surface area (Å²) in [5.74, 6) is -0.546. The molecule has 0 saturated carbocycles. The van der Waals surface area contributed by atoms with Gasteiger partial charge in [0.05, 0.1) is 18.7 Å². The third kappa shape index (κ3) is 1.80. The van der Waals surface area contributed by atoms with Gasteiger partial charge in [0.25, 0.3) is 0 Å². The largest absolute Gasteiger partial charge is 0.465 e. The lowest BCUT2D eigenvalue weighted by Crippen LogP contribution is -2.60. The lowest BCUT2D eigenvalue weighted by atomic mass is 9.62. The number of carbonyl (C=O) groups is 1. The monoisotopic (exact) mass is 354 g/mol. The van der Waals surface area contributed by atoms with E-state index in [0.717, 1.165) is 50.0 Å². The average molecular weight is 354 g/mol. The summed E-state index contributed by atoms with van der Waals surface area (Å²) in [6.07, 6.45) is 4.52. The maximum Gasteiger partial charge on any atom is 0.359 e. The van der Waals surface area contributed by atoms with Crippen LogP contribution in [-0.4, -0.2) is 40.7 Å². The third-order valence-electron chi connectivity index (χ3n) is 7.18. The van der Waals surface area contributed by atoms with Gasteiger partial charge in [-0.15, -0.1) is 0 Å². The van der Waals surface area contributed by atoms with Crippen LogP contribution >= 0.6 is 0 Å². The highest BCUT2D eigenvalue weighted by molar-refractivity contribution is 5.90. The number of esters is 1. The van der Waals surface area contributed by atoms with Gasteiger partial charge in [-0.2, -0.15) is 0 Å². The van der Waals surface area contributed by atoms with Gasteiger partial charge in [-0.3, -0.25) is 4.90 Å². The minimum Gasteiger partial charge on any atom is -0.465 e. The van der Waals surface area contributed by atoms with Gasteiger partial charge in [0.15, 0.2) is 0 Å². The first-order valence-electron chi connectivity index (χ1n) is 9.73. The lowest BCUT2D eigenvalue weighted by Gasteiger charge is -2.57. The summed E-state index contributed by atoms with van der Waals surface area (Å²) in [4.78, 5) is 15.4. The van der Waals surface area contributed by atoms with Crippen LogP contribution in [0.5, 0.6) is 0 Å². The fraction of sp³-hybridized carbons (Fsp3) is 0.571. The normalized spacial score (nSPS) is 33.1. The number of carbonyl (C=O) groups excluding carboxylic acids is 1. The summed E-state index contributed by atoms with van der Waals surface area (Å²) in [5.41, 5.74) is 1.69. The summed E-state index contributed by atoms with van der Waals surface area (Å²) < 4.78 is 7.01. The molecule has 0 amide bonds. The van der Waals surface area contributed by atoms with Crippen molar-refractivity contribution in [2.45, 2.75) is 50.8 Å². The van der Waals surface area contributed by atoms with Crippen molar-refractivity contribution in [1.82, 2.24) is 9.47 Å². The zero-order valence-electron chi connectivity index (χ0n) is 15.5. The molecular formula is C21H26N2O3. The molecule has 4 heterocycles. The van der Waals surface area contributed by atoms with Crippen molar-refractivity contribution in [3.8, 4) is 0 Å². The van der Waals surface area contributed by atoms with Gasteiger partial charge in [0.1, 0.15) is 0 Å². The molecule has 5 nitrogen and oxygen atoms in total. The van der Waals surface area contributed by atoms with E-state index in [1.165, 1.54) is 18.1 Å². The SMILES string of the molecule is CCC12CCCN3CCc4c(n(c5ccccc45)[C@@](O)(C(=O)OC)C1)C32. The van der Waals surface area contributed by atoms with Crippen molar-refractivity contribution in [2.75, 3.05) is 20.2 Å². The van der Waals surface area contributed by atoms with Gasteiger partial charge < -0.3 is 14.4 Å². The Morgan fingerprint density at radius 1 is 1.35 bits per heavy atom. The molecule has 1 aromatic heterocycles. The molecule has 3 atom stereocenters. The van der Waals surface area contributed by atoms with E-state index in [9.17, 15) is 9.90 Å². The number of aliphatic hydroxyl groups is 1. The second-order valence-electron chi connectivity index (χ2n) is 8.21. The second-order valence-corrected chi connectivity index (χ2v) is 8.21. The Morgan fingerprint density at radius 3 is 2.92 bits per heavy atom. The molecule has 0 aliphatic carbocycles. The van der Waals surface area contributed by atoms with Gasteiger partial charge in [-0.1, -0.05) is 25.1 Å². The van der Waals surface area contributed by atoms with E-state index in [1.807, 2.05) is 22.8 Å². The van der Waals surface area contributed by atoms with Crippen LogP contribution in [0.15, 0.2) is 24.3 Å². The van der Waals surface area contributed by atoms with Crippen LogP contribution in [0.4, 0.5) is 0 Å². The predicted molar refractivity (Wildman–Crippen MR) is 98.7 cm³/mol.